The highest BCUT2D eigenvalue weighted by molar-refractivity contribution is 7.26. The molecule has 0 aliphatic rings. The van der Waals surface area contributed by atoms with Gasteiger partial charge >= 0.3 is 0 Å². The smallest absolute Gasteiger partial charge is 0.165 e. The SMILES string of the molecule is [2H]c1c([2H])c([2H])c(-c2nc(-c3ccc(-c4cccc5c4sc4ccccc45)cc3)nc(-c3cc(-n4c5ccccc5c5ccccc54)cc4c3sc3ccc(-c5ccccc5)cc34)n2)c([2H])c1[2H]. The van der Waals surface area contributed by atoms with Crippen molar-refractivity contribution in [3.05, 3.63) is 206 Å². The van der Waals surface area contributed by atoms with Gasteiger partial charge in [-0.25, -0.2) is 15.0 Å². The van der Waals surface area contributed by atoms with Crippen LogP contribution in [0.25, 0.3) is 124 Å². The van der Waals surface area contributed by atoms with Crippen LogP contribution in [-0.4, -0.2) is 19.5 Å². The topological polar surface area (TPSA) is 43.6 Å². The largest absolute Gasteiger partial charge is 0.309 e. The van der Waals surface area contributed by atoms with Gasteiger partial charge < -0.3 is 4.57 Å². The van der Waals surface area contributed by atoms with Gasteiger partial charge in [-0.2, -0.15) is 0 Å². The summed E-state index contributed by atoms with van der Waals surface area (Å²) in [5.74, 6) is 0.619. The molecule has 0 saturated carbocycles. The van der Waals surface area contributed by atoms with Crippen LogP contribution < -0.4 is 0 Å². The average molecular weight is 844 g/mol. The Kier molecular flexibility index (Phi) is 7.13. The number of benzene rings is 9. The van der Waals surface area contributed by atoms with E-state index in [9.17, 15) is 0 Å². The van der Waals surface area contributed by atoms with E-state index in [4.69, 9.17) is 21.8 Å². The number of thiophene rings is 2. The lowest BCUT2D eigenvalue weighted by Gasteiger charge is -2.13. The number of para-hydroxylation sites is 2. The first-order chi connectivity index (χ1) is 33.3. The lowest BCUT2D eigenvalue weighted by atomic mass is 10.0. The summed E-state index contributed by atoms with van der Waals surface area (Å²) < 4.78 is 50.5. The van der Waals surface area contributed by atoms with Crippen molar-refractivity contribution in [1.82, 2.24) is 19.5 Å². The lowest BCUT2D eigenvalue weighted by Crippen LogP contribution is -2.01. The summed E-state index contributed by atoms with van der Waals surface area (Å²) in [6, 6.07) is 59.0. The van der Waals surface area contributed by atoms with Gasteiger partial charge in [-0.05, 0) is 64.7 Å². The van der Waals surface area contributed by atoms with E-state index in [1.807, 2.05) is 18.2 Å². The summed E-state index contributed by atoms with van der Waals surface area (Å²) in [6.45, 7) is 0. The van der Waals surface area contributed by atoms with Crippen LogP contribution in [0.1, 0.15) is 6.85 Å². The van der Waals surface area contributed by atoms with Crippen molar-refractivity contribution in [1.29, 1.82) is 0 Å². The van der Waals surface area contributed by atoms with Crippen molar-refractivity contribution < 1.29 is 6.85 Å². The zero-order valence-electron chi connectivity index (χ0n) is 38.3. The molecular formula is C57H34N4S2. The normalized spacial score (nSPS) is 12.9. The Bertz CT molecular complexity index is 4140. The number of rotatable bonds is 6. The van der Waals surface area contributed by atoms with Crippen molar-refractivity contribution in [3.8, 4) is 62.1 Å². The fraction of sp³-hybridized carbons (Fsp3) is 0. The second-order valence-corrected chi connectivity index (χ2v) is 17.7. The minimum absolute atomic E-state index is 0.0102. The quantitative estimate of drug-likeness (QED) is 0.167. The van der Waals surface area contributed by atoms with Crippen molar-refractivity contribution >= 4 is 84.8 Å². The standard InChI is InChI=1S/C57H34N4S2/c1-3-14-35(15-4-1)39-30-31-52-46(32-39)47-33-40(61-49-23-10-7-18-42(49)43-19-8-11-24-50(43)61)34-48(54(47)63-52)57-59-55(37-16-5-2-6-17-37)58-56(60-57)38-28-26-36(27-29-38)41-21-13-22-45-44-20-9-12-25-51(44)62-53(41)45/h1-34H/i2D,5D,6D,16D,17D. The van der Waals surface area contributed by atoms with Crippen LogP contribution in [0.5, 0.6) is 0 Å². The second-order valence-electron chi connectivity index (χ2n) is 15.6. The molecule has 6 heteroatoms. The summed E-state index contributed by atoms with van der Waals surface area (Å²) in [7, 11) is 0. The fourth-order valence-corrected chi connectivity index (χ4v) is 11.5. The van der Waals surface area contributed by atoms with Gasteiger partial charge in [0.25, 0.3) is 0 Å². The molecule has 9 aromatic carbocycles. The van der Waals surface area contributed by atoms with Crippen molar-refractivity contribution in [2.24, 2.45) is 0 Å². The van der Waals surface area contributed by atoms with Gasteiger partial charge in [-0.1, -0.05) is 164 Å². The van der Waals surface area contributed by atoms with Crippen LogP contribution in [0.2, 0.25) is 0 Å². The Labute approximate surface area is 377 Å². The Balaban J connectivity index is 1.07. The van der Waals surface area contributed by atoms with Gasteiger partial charge in [0.15, 0.2) is 17.5 Å². The van der Waals surface area contributed by atoms with Crippen LogP contribution in [0, 0.1) is 0 Å². The van der Waals surface area contributed by atoms with Gasteiger partial charge in [0.1, 0.15) is 0 Å². The van der Waals surface area contributed by atoms with Crippen LogP contribution in [-0.2, 0) is 0 Å². The summed E-state index contributed by atoms with van der Waals surface area (Å²) in [5.41, 5.74) is 8.69. The summed E-state index contributed by atoms with van der Waals surface area (Å²) in [6.07, 6.45) is 0. The highest BCUT2D eigenvalue weighted by Crippen LogP contribution is 2.45. The molecule has 0 aliphatic carbocycles. The summed E-state index contributed by atoms with van der Waals surface area (Å²) in [5, 5.41) is 6.80. The van der Waals surface area contributed by atoms with E-state index in [1.54, 1.807) is 22.7 Å². The van der Waals surface area contributed by atoms with Crippen molar-refractivity contribution in [2.45, 2.75) is 0 Å². The molecular weight excluding hydrogens is 805 g/mol. The highest BCUT2D eigenvalue weighted by Gasteiger charge is 2.21. The number of hydrogen-bond acceptors (Lipinski definition) is 5. The van der Waals surface area contributed by atoms with Gasteiger partial charge in [0, 0.05) is 73.5 Å². The molecule has 13 rings (SSSR count). The zero-order valence-corrected chi connectivity index (χ0v) is 35.0. The minimum atomic E-state index is -0.483. The Morgan fingerprint density at radius 2 is 0.952 bits per heavy atom. The third kappa shape index (κ3) is 5.91. The van der Waals surface area contributed by atoms with Gasteiger partial charge in [0.05, 0.1) is 17.9 Å². The molecule has 0 saturated heterocycles. The van der Waals surface area contributed by atoms with E-state index in [0.29, 0.717) is 17.2 Å². The zero-order chi connectivity index (χ0) is 45.8. The molecule has 4 nitrogen and oxygen atoms in total. The molecule has 0 radical (unpaired) electrons. The third-order valence-electron chi connectivity index (χ3n) is 12.0. The Hall–Kier alpha value is -7.77. The molecule has 294 valence electrons. The predicted octanol–water partition coefficient (Wildman–Crippen LogP) is 16.0. The summed E-state index contributed by atoms with van der Waals surface area (Å²) in [4.78, 5) is 15.3. The van der Waals surface area contributed by atoms with Crippen molar-refractivity contribution in [3.63, 3.8) is 0 Å². The van der Waals surface area contributed by atoms with E-state index in [-0.39, 0.29) is 23.5 Å². The fourth-order valence-electron chi connectivity index (χ4n) is 9.04. The molecule has 63 heavy (non-hydrogen) atoms. The van der Waals surface area contributed by atoms with Gasteiger partial charge in [0.2, 0.25) is 0 Å². The molecule has 0 amide bonds. The molecule has 4 aromatic heterocycles. The van der Waals surface area contributed by atoms with E-state index >= 15 is 0 Å². The first-order valence-corrected chi connectivity index (χ1v) is 22.3. The first-order valence-electron chi connectivity index (χ1n) is 23.2. The van der Waals surface area contributed by atoms with Crippen LogP contribution in [0.3, 0.4) is 0 Å². The summed E-state index contributed by atoms with van der Waals surface area (Å²) >= 11 is 3.43. The maximum Gasteiger partial charge on any atom is 0.165 e. The third-order valence-corrected chi connectivity index (χ3v) is 14.4. The molecule has 0 unspecified atom stereocenters. The van der Waals surface area contributed by atoms with E-state index in [1.165, 1.54) is 20.2 Å². The van der Waals surface area contributed by atoms with E-state index in [0.717, 1.165) is 75.5 Å². The molecule has 4 heterocycles. The molecule has 0 fully saturated rings. The van der Waals surface area contributed by atoms with Crippen LogP contribution >= 0.6 is 22.7 Å². The number of fused-ring (bicyclic) bond motifs is 9. The molecule has 0 bridgehead atoms. The highest BCUT2D eigenvalue weighted by atomic mass is 32.1. The number of aromatic nitrogens is 4. The second kappa shape index (κ2) is 14.4. The van der Waals surface area contributed by atoms with Crippen molar-refractivity contribution in [2.75, 3.05) is 0 Å². The van der Waals surface area contributed by atoms with Gasteiger partial charge in [-0.3, -0.25) is 0 Å². The van der Waals surface area contributed by atoms with Crippen LogP contribution in [0.4, 0.5) is 0 Å². The lowest BCUT2D eigenvalue weighted by molar-refractivity contribution is 1.07. The Morgan fingerprint density at radius 1 is 0.365 bits per heavy atom. The minimum Gasteiger partial charge on any atom is -0.309 e. The molecule has 0 N–H and O–H groups in total. The molecule has 0 atom stereocenters. The van der Waals surface area contributed by atoms with Crippen LogP contribution in [0.15, 0.2) is 206 Å². The first kappa shape index (κ1) is 31.1. The molecule has 0 aliphatic heterocycles. The number of nitrogens with zero attached hydrogens (tertiary/aromatic N) is 4. The maximum atomic E-state index is 9.06. The maximum absolute atomic E-state index is 9.06. The van der Waals surface area contributed by atoms with E-state index < -0.39 is 18.1 Å². The predicted molar refractivity (Wildman–Crippen MR) is 267 cm³/mol. The Morgan fingerprint density at radius 3 is 1.71 bits per heavy atom. The molecule has 13 aromatic rings. The van der Waals surface area contributed by atoms with Gasteiger partial charge in [-0.15, -0.1) is 22.7 Å². The van der Waals surface area contributed by atoms with E-state index in [2.05, 4.69) is 162 Å². The number of hydrogen-bond donors (Lipinski definition) is 0. The molecule has 0 spiro atoms. The monoisotopic (exact) mass is 843 g/mol. The average Bonchev–Trinajstić information content (AvgIpc) is 4.07.